The zero-order valence-corrected chi connectivity index (χ0v) is 16.1. The summed E-state index contributed by atoms with van der Waals surface area (Å²) in [5, 5.41) is 3.24. The second kappa shape index (κ2) is 11.6. The number of rotatable bonds is 10. The summed E-state index contributed by atoms with van der Waals surface area (Å²) >= 11 is 11.7. The number of benzene rings is 1. The first kappa shape index (κ1) is 22.1. The highest BCUT2D eigenvalue weighted by Gasteiger charge is 2.19. The first-order chi connectivity index (χ1) is 12.3. The molecule has 0 bridgehead atoms. The fraction of sp³-hybridized carbons (Fsp3) is 0.471. The minimum Gasteiger partial charge on any atom is -0.477 e. The molecule has 0 radical (unpaired) electrons. The third-order valence-corrected chi connectivity index (χ3v) is 3.59. The second-order valence-corrected chi connectivity index (χ2v) is 6.04. The Bertz CT molecular complexity index is 638. The molecular formula is C17H21Cl2NO6. The molecule has 1 N–H and O–H groups in total. The van der Waals surface area contributed by atoms with Gasteiger partial charge in [-0.15, -0.1) is 0 Å². The van der Waals surface area contributed by atoms with E-state index in [0.717, 1.165) is 0 Å². The van der Waals surface area contributed by atoms with Crippen molar-refractivity contribution in [2.24, 2.45) is 0 Å². The van der Waals surface area contributed by atoms with Crippen LogP contribution in [0.5, 0.6) is 5.75 Å². The molecular weight excluding hydrogens is 385 g/mol. The van der Waals surface area contributed by atoms with E-state index in [1.54, 1.807) is 13.0 Å². The van der Waals surface area contributed by atoms with Crippen molar-refractivity contribution in [1.29, 1.82) is 0 Å². The van der Waals surface area contributed by atoms with Crippen LogP contribution < -0.4 is 10.1 Å². The Labute approximate surface area is 161 Å². The number of ether oxygens (including phenoxy) is 3. The average molecular weight is 406 g/mol. The van der Waals surface area contributed by atoms with E-state index in [4.69, 9.17) is 37.4 Å². The van der Waals surface area contributed by atoms with Gasteiger partial charge in [0, 0.05) is 18.0 Å². The first-order valence-electron chi connectivity index (χ1n) is 8.04. The van der Waals surface area contributed by atoms with Crippen molar-refractivity contribution in [3.8, 4) is 5.75 Å². The van der Waals surface area contributed by atoms with E-state index in [0.29, 0.717) is 18.1 Å². The number of carbonyl (C=O) groups is 3. The Morgan fingerprint density at radius 2 is 1.92 bits per heavy atom. The molecule has 26 heavy (non-hydrogen) atoms. The highest BCUT2D eigenvalue weighted by molar-refractivity contribution is 6.35. The molecule has 1 amide bonds. The van der Waals surface area contributed by atoms with Gasteiger partial charge in [0.2, 0.25) is 0 Å². The lowest BCUT2D eigenvalue weighted by atomic mass is 10.3. The smallest absolute Gasteiger partial charge is 0.347 e. The van der Waals surface area contributed by atoms with Gasteiger partial charge in [0.25, 0.3) is 5.91 Å². The van der Waals surface area contributed by atoms with Crippen LogP contribution in [0.1, 0.15) is 26.7 Å². The molecule has 0 saturated heterocycles. The summed E-state index contributed by atoms with van der Waals surface area (Å²) in [6.45, 7) is 3.36. The Hall–Kier alpha value is -1.99. The largest absolute Gasteiger partial charge is 0.477 e. The van der Waals surface area contributed by atoms with Crippen LogP contribution in [0.15, 0.2) is 18.2 Å². The number of nitrogens with one attached hydrogen (secondary N) is 1. The van der Waals surface area contributed by atoms with E-state index in [1.807, 2.05) is 0 Å². The maximum Gasteiger partial charge on any atom is 0.347 e. The second-order valence-electron chi connectivity index (χ2n) is 5.20. The Kier molecular flexibility index (Phi) is 9.83. The maximum atomic E-state index is 11.9. The molecule has 0 aliphatic heterocycles. The van der Waals surface area contributed by atoms with Gasteiger partial charge in [-0.2, -0.15) is 0 Å². The predicted molar refractivity (Wildman–Crippen MR) is 96.4 cm³/mol. The summed E-state index contributed by atoms with van der Waals surface area (Å²) in [5.74, 6) is -1.22. The molecule has 9 heteroatoms. The third-order valence-electron chi connectivity index (χ3n) is 3.06. The number of hydrogen-bond donors (Lipinski definition) is 1. The van der Waals surface area contributed by atoms with Crippen molar-refractivity contribution >= 4 is 41.0 Å². The molecule has 144 valence electrons. The molecule has 1 aromatic carbocycles. The van der Waals surface area contributed by atoms with Crippen LogP contribution in [-0.2, 0) is 23.9 Å². The molecule has 1 rings (SSSR count). The molecule has 7 nitrogen and oxygen atoms in total. The first-order valence-corrected chi connectivity index (χ1v) is 8.79. The molecule has 0 spiro atoms. The van der Waals surface area contributed by atoms with E-state index in [9.17, 15) is 14.4 Å². The van der Waals surface area contributed by atoms with Crippen LogP contribution in [0.2, 0.25) is 10.0 Å². The van der Waals surface area contributed by atoms with Crippen molar-refractivity contribution in [2.75, 3.05) is 19.8 Å². The monoisotopic (exact) mass is 405 g/mol. The molecule has 0 fully saturated rings. The fourth-order valence-corrected chi connectivity index (χ4v) is 2.26. The van der Waals surface area contributed by atoms with Crippen molar-refractivity contribution in [1.82, 2.24) is 5.32 Å². The summed E-state index contributed by atoms with van der Waals surface area (Å²) in [6, 6.07) is 4.59. The van der Waals surface area contributed by atoms with Gasteiger partial charge in [-0.1, -0.05) is 23.2 Å². The topological polar surface area (TPSA) is 90.9 Å². The van der Waals surface area contributed by atoms with E-state index in [2.05, 4.69) is 5.32 Å². The van der Waals surface area contributed by atoms with E-state index in [1.165, 1.54) is 19.1 Å². The minimum absolute atomic E-state index is 0.209. The summed E-state index contributed by atoms with van der Waals surface area (Å²) < 4.78 is 15.0. The Balaban J connectivity index is 2.27. The molecule has 1 aromatic rings. The number of hydrogen-bond acceptors (Lipinski definition) is 6. The zero-order valence-electron chi connectivity index (χ0n) is 14.6. The lowest BCUT2D eigenvalue weighted by Gasteiger charge is -2.15. The van der Waals surface area contributed by atoms with Crippen LogP contribution in [0.4, 0.5) is 0 Å². The lowest BCUT2D eigenvalue weighted by Crippen LogP contribution is -2.33. The molecule has 0 aliphatic rings. The third kappa shape index (κ3) is 8.40. The summed E-state index contributed by atoms with van der Waals surface area (Å²) in [7, 11) is 0. The van der Waals surface area contributed by atoms with Crippen molar-refractivity contribution in [3.63, 3.8) is 0 Å². The normalized spacial score (nSPS) is 11.4. The lowest BCUT2D eigenvalue weighted by molar-refractivity contribution is -0.154. The molecule has 1 unspecified atom stereocenters. The molecule has 0 heterocycles. The number of esters is 2. The van der Waals surface area contributed by atoms with Gasteiger partial charge >= 0.3 is 11.9 Å². The number of halogens is 2. The van der Waals surface area contributed by atoms with Gasteiger partial charge in [0.15, 0.2) is 12.7 Å². The zero-order chi connectivity index (χ0) is 19.5. The van der Waals surface area contributed by atoms with Crippen molar-refractivity contribution in [3.05, 3.63) is 28.2 Å². The number of carbonyl (C=O) groups excluding carboxylic acids is 3. The van der Waals surface area contributed by atoms with Gasteiger partial charge in [-0.25, -0.2) is 4.79 Å². The average Bonchev–Trinajstić information content (AvgIpc) is 2.59. The molecule has 1 atom stereocenters. The van der Waals surface area contributed by atoms with Crippen molar-refractivity contribution in [2.45, 2.75) is 32.8 Å². The van der Waals surface area contributed by atoms with Crippen LogP contribution in [0.3, 0.4) is 0 Å². The van der Waals surface area contributed by atoms with Crippen LogP contribution >= 0.6 is 23.2 Å². The van der Waals surface area contributed by atoms with E-state index in [-0.39, 0.29) is 29.7 Å². The molecule has 0 aliphatic carbocycles. The van der Waals surface area contributed by atoms with Gasteiger partial charge < -0.3 is 19.5 Å². The SMILES string of the molecule is CCOC(=O)CCCNC(=O)COC(=O)C(C)Oc1ccc(Cl)cc1Cl. The summed E-state index contributed by atoms with van der Waals surface area (Å²) in [4.78, 5) is 34.6. The highest BCUT2D eigenvalue weighted by Crippen LogP contribution is 2.28. The van der Waals surface area contributed by atoms with E-state index < -0.39 is 24.6 Å². The van der Waals surface area contributed by atoms with Crippen LogP contribution in [0, 0.1) is 0 Å². The quantitative estimate of drug-likeness (QED) is 0.475. The molecule has 0 saturated carbocycles. The Morgan fingerprint density at radius 1 is 1.19 bits per heavy atom. The van der Waals surface area contributed by atoms with Crippen molar-refractivity contribution < 1.29 is 28.6 Å². The van der Waals surface area contributed by atoms with E-state index >= 15 is 0 Å². The van der Waals surface area contributed by atoms with Gasteiger partial charge in [-0.05, 0) is 38.5 Å². The van der Waals surface area contributed by atoms with Gasteiger partial charge in [0.1, 0.15) is 5.75 Å². The summed E-state index contributed by atoms with van der Waals surface area (Å²) in [5.41, 5.74) is 0. The fourth-order valence-electron chi connectivity index (χ4n) is 1.81. The van der Waals surface area contributed by atoms with Gasteiger partial charge in [-0.3, -0.25) is 9.59 Å². The van der Waals surface area contributed by atoms with Gasteiger partial charge in [0.05, 0.1) is 11.6 Å². The molecule has 0 aromatic heterocycles. The minimum atomic E-state index is -0.953. The predicted octanol–water partition coefficient (Wildman–Crippen LogP) is 2.76. The van der Waals surface area contributed by atoms with Crippen LogP contribution in [0.25, 0.3) is 0 Å². The van der Waals surface area contributed by atoms with Crippen LogP contribution in [-0.4, -0.2) is 43.7 Å². The summed E-state index contributed by atoms with van der Waals surface area (Å²) in [6.07, 6.45) is -0.307. The standard InChI is InChI=1S/C17H21Cl2NO6/c1-3-24-16(22)5-4-8-20-15(21)10-25-17(23)11(2)26-14-7-6-12(18)9-13(14)19/h6-7,9,11H,3-5,8,10H2,1-2H3,(H,20,21). The maximum absolute atomic E-state index is 11.9. The highest BCUT2D eigenvalue weighted by atomic mass is 35.5. The number of amides is 1. The Morgan fingerprint density at radius 3 is 2.58 bits per heavy atom.